The summed E-state index contributed by atoms with van der Waals surface area (Å²) < 4.78 is 4.90. The highest BCUT2D eigenvalue weighted by atomic mass is 35.5. The second kappa shape index (κ2) is 30.2. The first-order chi connectivity index (χ1) is 26.7. The molecule has 5 aromatic rings. The van der Waals surface area contributed by atoms with Crippen LogP contribution in [0.25, 0.3) is 0 Å². The summed E-state index contributed by atoms with van der Waals surface area (Å²) in [5.74, 6) is 1.64. The predicted molar refractivity (Wildman–Crippen MR) is 239 cm³/mol. The van der Waals surface area contributed by atoms with E-state index in [4.69, 9.17) is 55.8 Å². The molecule has 6 rings (SSSR count). The lowest BCUT2D eigenvalue weighted by atomic mass is 10.4. The summed E-state index contributed by atoms with van der Waals surface area (Å²) in [4.78, 5) is 75.2. The first kappa shape index (κ1) is 54.1. The maximum Gasteiger partial charge on any atom is 0.347 e. The van der Waals surface area contributed by atoms with Gasteiger partial charge in [0.05, 0.1) is 18.9 Å². The number of aryl methyl sites for hydroxylation is 1. The van der Waals surface area contributed by atoms with Crippen molar-refractivity contribution in [3.05, 3.63) is 152 Å². The number of carbonyl (C=O) groups is 2. The van der Waals surface area contributed by atoms with Crippen molar-refractivity contribution >= 4 is 87.3 Å². The van der Waals surface area contributed by atoms with E-state index in [1.165, 1.54) is 5.94 Å². The van der Waals surface area contributed by atoms with Gasteiger partial charge < -0.3 is 21.8 Å². The van der Waals surface area contributed by atoms with Crippen molar-refractivity contribution in [2.45, 2.75) is 21.8 Å². The van der Waals surface area contributed by atoms with E-state index in [2.05, 4.69) is 73.6 Å². The molecule has 2 aromatic heterocycles. The molecule has 0 radical (unpaired) electrons. The number of rotatable bonds is 5. The minimum Gasteiger partial charge on any atom is -0.383 e. The molecule has 312 valence electrons. The van der Waals surface area contributed by atoms with E-state index in [9.17, 15) is 24.0 Å². The Kier molecular flexibility index (Phi) is 28.1. The number of aliphatic imine (C=N–C) groups is 1. The number of primary amides is 1. The number of aromatic nitrogens is 4. The zero-order chi connectivity index (χ0) is 41.9. The van der Waals surface area contributed by atoms with Crippen molar-refractivity contribution in [3.63, 3.8) is 0 Å². The lowest BCUT2D eigenvalue weighted by Crippen LogP contribution is -2.26. The van der Waals surface area contributed by atoms with E-state index in [0.717, 1.165) is 27.7 Å². The maximum atomic E-state index is 11.5. The molecule has 1 aliphatic heterocycles. The summed E-state index contributed by atoms with van der Waals surface area (Å²) in [6, 6.07) is 33.2. The van der Waals surface area contributed by atoms with E-state index in [1.807, 2.05) is 59.6 Å². The number of nitrogens with one attached hydrogen (secondary N) is 5. The van der Waals surface area contributed by atoms with Gasteiger partial charge in [-0.3, -0.25) is 39.4 Å². The number of alkyl halides is 2. The van der Waals surface area contributed by atoms with Gasteiger partial charge in [0.15, 0.2) is 5.96 Å². The summed E-state index contributed by atoms with van der Waals surface area (Å²) in [5, 5.41) is 8.83. The van der Waals surface area contributed by atoms with Crippen molar-refractivity contribution in [3.8, 4) is 0 Å². The number of hydrogen-bond donors (Lipinski definition) is 7. The number of hydrogen-bond acceptors (Lipinski definition) is 10. The number of nitrogens with zero attached hydrogens (tertiary/aromatic N) is 3. The number of benzene rings is 3. The normalized spacial score (nSPS) is 11.1. The van der Waals surface area contributed by atoms with Gasteiger partial charge in [0.2, 0.25) is 11.8 Å². The van der Waals surface area contributed by atoms with Crippen molar-refractivity contribution in [1.29, 1.82) is 0 Å². The monoisotopic (exact) mass is 876 g/mol. The number of guanidine groups is 1. The molecular weight excluding hydrogens is 830 g/mol. The van der Waals surface area contributed by atoms with Crippen LogP contribution in [0, 0.1) is 6.92 Å². The van der Waals surface area contributed by atoms with Crippen LogP contribution >= 0.6 is 41.9 Å². The first-order valence-corrected chi connectivity index (χ1v) is 19.1. The molecule has 1 saturated heterocycles. The Morgan fingerprint density at radius 1 is 0.862 bits per heavy atom. The largest absolute Gasteiger partial charge is 0.383 e. The van der Waals surface area contributed by atoms with Gasteiger partial charge in [0, 0.05) is 34.7 Å². The number of aromatic amines is 3. The second-order valence-electron chi connectivity index (χ2n) is 10.4. The minimum absolute atomic E-state index is 0. The van der Waals surface area contributed by atoms with Crippen LogP contribution in [0.4, 0.5) is 5.82 Å². The molecule has 20 heteroatoms. The van der Waals surface area contributed by atoms with E-state index in [1.54, 1.807) is 20.0 Å². The Morgan fingerprint density at radius 3 is 1.60 bits per heavy atom. The van der Waals surface area contributed by atoms with E-state index in [-0.39, 0.29) is 43.6 Å². The molecule has 2 amide bonds. The van der Waals surface area contributed by atoms with Gasteiger partial charge in [0.25, 0.3) is 5.56 Å². The van der Waals surface area contributed by atoms with Gasteiger partial charge in [-0.25, -0.2) is 14.4 Å². The third-order valence-corrected chi connectivity index (χ3v) is 10.3. The Hall–Kier alpha value is -6.02. The second-order valence-corrected chi connectivity index (χ2v) is 14.7. The van der Waals surface area contributed by atoms with Crippen molar-refractivity contribution in [1.82, 2.24) is 30.6 Å². The summed E-state index contributed by atoms with van der Waals surface area (Å²) in [6.45, 7) is 4.79. The quantitative estimate of drug-likeness (QED) is 0.0590. The van der Waals surface area contributed by atoms with Crippen LogP contribution in [0.15, 0.2) is 134 Å². The predicted octanol–water partition coefficient (Wildman–Crippen LogP) is 3.42. The highest BCUT2D eigenvalue weighted by Crippen LogP contribution is 2.46. The van der Waals surface area contributed by atoms with Crippen molar-refractivity contribution in [2.75, 3.05) is 31.2 Å². The van der Waals surface area contributed by atoms with E-state index in [0.29, 0.717) is 12.5 Å². The average Bonchev–Trinajstić information content (AvgIpc) is 3.59. The van der Waals surface area contributed by atoms with Gasteiger partial charge >= 0.3 is 11.4 Å². The van der Waals surface area contributed by atoms with Gasteiger partial charge in [-0.15, -0.1) is 23.2 Å². The molecule has 0 bridgehead atoms. The minimum atomic E-state index is -2.28. The molecule has 0 aliphatic carbocycles. The Bertz CT molecular complexity index is 2110. The third-order valence-electron chi connectivity index (χ3n) is 6.35. The Balaban J connectivity index is 0. The average molecular weight is 878 g/mol. The fraction of sp³-hybridized carbons (Fsp3) is 0.184. The molecule has 58 heavy (non-hydrogen) atoms. The van der Waals surface area contributed by atoms with Crippen LogP contribution in [0.3, 0.4) is 0 Å². The summed E-state index contributed by atoms with van der Waals surface area (Å²) in [5.41, 5.74) is 9.89. The van der Waals surface area contributed by atoms with Crippen LogP contribution in [0.1, 0.15) is 20.5 Å². The van der Waals surface area contributed by atoms with Gasteiger partial charge in [0.1, 0.15) is 23.5 Å². The van der Waals surface area contributed by atoms with Gasteiger partial charge in [-0.1, -0.05) is 117 Å². The lowest BCUT2D eigenvalue weighted by Gasteiger charge is -2.26. The number of carbonyl (C=O) groups excluding carboxylic acids is 3. The zero-order valence-electron chi connectivity index (χ0n) is 30.2. The molecule has 0 spiro atoms. The topological polar surface area (TPSA) is 263 Å². The zero-order valence-corrected chi connectivity index (χ0v) is 33.3. The van der Waals surface area contributed by atoms with Crippen LogP contribution in [0.2, 0.25) is 5.15 Å². The first-order valence-electron chi connectivity index (χ1n) is 15.9. The summed E-state index contributed by atoms with van der Waals surface area (Å²) in [6.07, 6.45) is 0. The van der Waals surface area contributed by atoms with Gasteiger partial charge in [-0.2, -0.15) is 4.98 Å². The Morgan fingerprint density at radius 2 is 1.31 bits per heavy atom. The molecule has 1 aliphatic rings. The highest BCUT2D eigenvalue weighted by Gasteiger charge is 2.26. The van der Waals surface area contributed by atoms with Crippen LogP contribution in [-0.2, 0) is 14.4 Å². The molecule has 0 unspecified atom stereocenters. The van der Waals surface area contributed by atoms with E-state index >= 15 is 0 Å². The van der Waals surface area contributed by atoms with Crippen LogP contribution < -0.4 is 55.0 Å². The maximum absolute atomic E-state index is 11.5. The fourth-order valence-corrected chi connectivity index (χ4v) is 8.09. The van der Waals surface area contributed by atoms with Gasteiger partial charge in [-0.05, 0) is 19.6 Å². The molecular formula is C38H48Cl3N10O6P. The number of H-pyrrole nitrogens is 3. The molecule has 0 atom stereocenters. The summed E-state index contributed by atoms with van der Waals surface area (Å²) in [7, 11) is -0.664. The molecule has 3 heterocycles. The molecule has 3 aromatic carbocycles. The highest BCUT2D eigenvalue weighted by molar-refractivity contribution is 7.87. The number of nitrogens with two attached hydrogens (primary N) is 2. The number of amides is 2. The van der Waals surface area contributed by atoms with Crippen LogP contribution in [-0.4, -0.2) is 69.1 Å². The molecule has 0 saturated carbocycles. The number of anilines is 1. The standard InChI is InChI=1S/C20H19N2OP.C5H7N3O.C4H3ClN2O2.C4H7N3O.C2H2O.CH2Cl2.2CH4/c21-20(23)16-22-24(17-10-4-1-5-11-17,18-12-6-2-7-13-18)19-14-8-3-9-15-19;1-3-2-4(6)8-5(9)7-3;5-2-1-3(8)7-4(9)6-2;1-5-4-6-2-3(8)7-4;1-2-3;2-1-3;;/h1-15H,16H2,(H2,21,23);2H,1H3,(H3,6,7,8,9);1H,(H2,6,7,8,9);2H2,1H3,(H2,5,6,7,8);2*1H2;2*1H4. The number of halogens is 3. The third kappa shape index (κ3) is 20.2. The lowest BCUT2D eigenvalue weighted by molar-refractivity contribution is -0.118. The molecule has 16 nitrogen and oxygen atoms in total. The number of nitrogen functional groups attached to an aromatic ring is 1. The van der Waals surface area contributed by atoms with Crippen LogP contribution in [0.5, 0.6) is 0 Å². The molecule has 1 fully saturated rings. The Labute approximate surface area is 351 Å². The van der Waals surface area contributed by atoms with Crippen molar-refractivity contribution in [2.24, 2.45) is 15.5 Å². The SMILES string of the molecule is C.C.C=C=O.CN=C1NCC(=O)N1.Cc1cc(N)nc(=O)[nH]1.ClCCl.NC(=O)CN=P(c1ccccc1)(c1ccccc1)c1ccccc1.O=c1cc(Cl)[nH]c(=O)[nH]1. The molecule has 9 N–H and O–H groups in total. The van der Waals surface area contributed by atoms with E-state index < -0.39 is 29.9 Å². The van der Waals surface area contributed by atoms with Crippen molar-refractivity contribution < 1.29 is 14.4 Å². The summed E-state index contributed by atoms with van der Waals surface area (Å²) >= 11 is 14.8. The smallest absolute Gasteiger partial charge is 0.347 e. The fourth-order valence-electron chi connectivity index (χ4n) is 4.36.